The van der Waals surface area contributed by atoms with Crippen molar-refractivity contribution in [3.63, 3.8) is 0 Å². The third-order valence-electron chi connectivity index (χ3n) is 3.48. The van der Waals surface area contributed by atoms with Crippen LogP contribution >= 0.6 is 23.2 Å². The molecule has 0 saturated heterocycles. The lowest BCUT2D eigenvalue weighted by Gasteiger charge is -2.09. The van der Waals surface area contributed by atoms with Crippen molar-refractivity contribution < 1.29 is 9.47 Å². The molecule has 0 atom stereocenters. The maximum Gasteiger partial charge on any atom is 0.231 e. The summed E-state index contributed by atoms with van der Waals surface area (Å²) in [5, 5.41) is 7.27. The molecule has 6 nitrogen and oxygen atoms in total. The first-order valence-electron chi connectivity index (χ1n) is 7.39. The van der Waals surface area contributed by atoms with Crippen LogP contribution in [0.25, 0.3) is 0 Å². The number of rotatable bonds is 4. The SMILES string of the molecule is Clc1ccc(Nc2ccnc(Nc3ccc4c(c3)OCO4)n2)cc1Cl. The van der Waals surface area contributed by atoms with Gasteiger partial charge in [0.05, 0.1) is 10.0 Å². The van der Waals surface area contributed by atoms with Crippen molar-refractivity contribution in [2.75, 3.05) is 17.4 Å². The Morgan fingerprint density at radius 3 is 2.52 bits per heavy atom. The van der Waals surface area contributed by atoms with Crippen molar-refractivity contribution in [1.29, 1.82) is 0 Å². The van der Waals surface area contributed by atoms with Gasteiger partial charge in [-0.25, -0.2) is 4.98 Å². The number of fused-ring (bicyclic) bond motifs is 1. The molecule has 0 unspecified atom stereocenters. The first-order chi connectivity index (χ1) is 12.2. The van der Waals surface area contributed by atoms with Crippen molar-refractivity contribution >= 4 is 46.3 Å². The van der Waals surface area contributed by atoms with Crippen LogP contribution in [0.5, 0.6) is 11.5 Å². The molecule has 3 aromatic rings. The van der Waals surface area contributed by atoms with Gasteiger partial charge >= 0.3 is 0 Å². The molecule has 0 aliphatic carbocycles. The van der Waals surface area contributed by atoms with Crippen LogP contribution < -0.4 is 20.1 Å². The lowest BCUT2D eigenvalue weighted by molar-refractivity contribution is 0.174. The van der Waals surface area contributed by atoms with Gasteiger partial charge < -0.3 is 20.1 Å². The lowest BCUT2D eigenvalue weighted by atomic mass is 10.3. The zero-order valence-corrected chi connectivity index (χ0v) is 14.3. The Hall–Kier alpha value is -2.70. The van der Waals surface area contributed by atoms with E-state index in [2.05, 4.69) is 20.6 Å². The van der Waals surface area contributed by atoms with E-state index in [0.29, 0.717) is 27.6 Å². The predicted octanol–water partition coefficient (Wildman–Crippen LogP) is 5.00. The molecule has 1 aliphatic heterocycles. The quantitative estimate of drug-likeness (QED) is 0.669. The molecule has 126 valence electrons. The third-order valence-corrected chi connectivity index (χ3v) is 4.22. The van der Waals surface area contributed by atoms with Gasteiger partial charge in [0.2, 0.25) is 12.7 Å². The Labute approximate surface area is 153 Å². The molecule has 0 fully saturated rings. The first-order valence-corrected chi connectivity index (χ1v) is 8.15. The fourth-order valence-electron chi connectivity index (χ4n) is 2.31. The summed E-state index contributed by atoms with van der Waals surface area (Å²) in [5.41, 5.74) is 1.58. The Morgan fingerprint density at radius 2 is 1.64 bits per heavy atom. The maximum atomic E-state index is 6.03. The molecule has 0 amide bonds. The van der Waals surface area contributed by atoms with E-state index < -0.39 is 0 Å². The average Bonchev–Trinajstić information content (AvgIpc) is 3.06. The third kappa shape index (κ3) is 3.55. The Balaban J connectivity index is 1.52. The van der Waals surface area contributed by atoms with E-state index in [1.165, 1.54) is 0 Å². The van der Waals surface area contributed by atoms with Gasteiger partial charge in [0.1, 0.15) is 5.82 Å². The number of halogens is 2. The van der Waals surface area contributed by atoms with Crippen LogP contribution in [0.2, 0.25) is 10.0 Å². The van der Waals surface area contributed by atoms with Crippen molar-refractivity contribution in [3.8, 4) is 11.5 Å². The van der Waals surface area contributed by atoms with Gasteiger partial charge in [-0.05, 0) is 36.4 Å². The summed E-state index contributed by atoms with van der Waals surface area (Å²) in [6.45, 7) is 0.234. The number of hydrogen-bond acceptors (Lipinski definition) is 6. The van der Waals surface area contributed by atoms with Crippen LogP contribution in [0.1, 0.15) is 0 Å². The van der Waals surface area contributed by atoms with Gasteiger partial charge in [-0.15, -0.1) is 0 Å². The highest BCUT2D eigenvalue weighted by molar-refractivity contribution is 6.42. The van der Waals surface area contributed by atoms with Gasteiger partial charge in [0, 0.05) is 23.6 Å². The molecular weight excluding hydrogens is 363 g/mol. The van der Waals surface area contributed by atoms with E-state index in [9.17, 15) is 0 Å². The molecule has 0 saturated carbocycles. The summed E-state index contributed by atoms with van der Waals surface area (Å²) in [4.78, 5) is 8.65. The van der Waals surface area contributed by atoms with Crippen LogP contribution in [0.4, 0.5) is 23.1 Å². The summed E-state index contributed by atoms with van der Waals surface area (Å²) in [5.74, 6) is 2.48. The molecular formula is C17H12Cl2N4O2. The predicted molar refractivity (Wildman–Crippen MR) is 97.6 cm³/mol. The summed E-state index contributed by atoms with van der Waals surface area (Å²) < 4.78 is 10.7. The molecule has 2 heterocycles. The number of ether oxygens (including phenoxy) is 2. The number of anilines is 4. The van der Waals surface area contributed by atoms with Gasteiger partial charge in [-0.1, -0.05) is 23.2 Å². The zero-order chi connectivity index (χ0) is 17.2. The Morgan fingerprint density at radius 1 is 0.840 bits per heavy atom. The van der Waals surface area contributed by atoms with Gasteiger partial charge in [0.15, 0.2) is 11.5 Å². The standard InChI is InChI=1S/C17H12Cl2N4O2/c18-12-3-1-10(7-13(12)19)21-16-5-6-20-17(23-16)22-11-2-4-14-15(8-11)25-9-24-14/h1-8H,9H2,(H2,20,21,22,23). The highest BCUT2D eigenvalue weighted by atomic mass is 35.5. The normalized spacial score (nSPS) is 12.1. The molecule has 1 aliphatic rings. The molecule has 2 N–H and O–H groups in total. The van der Waals surface area contributed by atoms with Crippen molar-refractivity contribution in [2.24, 2.45) is 0 Å². The van der Waals surface area contributed by atoms with E-state index in [1.54, 1.807) is 24.4 Å². The monoisotopic (exact) mass is 374 g/mol. The van der Waals surface area contributed by atoms with Crippen LogP contribution in [0.3, 0.4) is 0 Å². The van der Waals surface area contributed by atoms with E-state index in [0.717, 1.165) is 17.1 Å². The minimum atomic E-state index is 0.234. The van der Waals surface area contributed by atoms with E-state index in [1.807, 2.05) is 24.3 Å². The second kappa shape index (κ2) is 6.66. The van der Waals surface area contributed by atoms with Gasteiger partial charge in [0.25, 0.3) is 0 Å². The molecule has 0 radical (unpaired) electrons. The van der Waals surface area contributed by atoms with Crippen LogP contribution in [-0.4, -0.2) is 16.8 Å². The maximum absolute atomic E-state index is 6.03. The fraction of sp³-hybridized carbons (Fsp3) is 0.0588. The van der Waals surface area contributed by atoms with E-state index >= 15 is 0 Å². The average molecular weight is 375 g/mol. The van der Waals surface area contributed by atoms with Crippen LogP contribution in [0, 0.1) is 0 Å². The van der Waals surface area contributed by atoms with Crippen molar-refractivity contribution in [3.05, 3.63) is 58.7 Å². The number of hydrogen-bond donors (Lipinski definition) is 2. The van der Waals surface area contributed by atoms with Crippen molar-refractivity contribution in [1.82, 2.24) is 9.97 Å². The van der Waals surface area contributed by atoms with E-state index in [-0.39, 0.29) is 6.79 Å². The second-order valence-electron chi connectivity index (χ2n) is 5.21. The topological polar surface area (TPSA) is 68.3 Å². The number of benzene rings is 2. The molecule has 25 heavy (non-hydrogen) atoms. The summed E-state index contributed by atoms with van der Waals surface area (Å²) in [6.07, 6.45) is 1.65. The number of aromatic nitrogens is 2. The fourth-order valence-corrected chi connectivity index (χ4v) is 2.61. The molecule has 0 spiro atoms. The van der Waals surface area contributed by atoms with Crippen LogP contribution in [0.15, 0.2) is 48.7 Å². The molecule has 0 bridgehead atoms. The van der Waals surface area contributed by atoms with Gasteiger partial charge in [-0.2, -0.15) is 4.98 Å². The minimum absolute atomic E-state index is 0.234. The van der Waals surface area contributed by atoms with Gasteiger partial charge in [-0.3, -0.25) is 0 Å². The summed E-state index contributed by atoms with van der Waals surface area (Å²) >= 11 is 12.0. The number of nitrogens with zero attached hydrogens (tertiary/aromatic N) is 2. The highest BCUT2D eigenvalue weighted by Crippen LogP contribution is 2.35. The number of nitrogens with one attached hydrogen (secondary N) is 2. The Kier molecular flexibility index (Phi) is 4.21. The zero-order valence-electron chi connectivity index (χ0n) is 12.8. The minimum Gasteiger partial charge on any atom is -0.454 e. The highest BCUT2D eigenvalue weighted by Gasteiger charge is 2.13. The summed E-state index contributed by atoms with van der Waals surface area (Å²) in [6, 6.07) is 12.6. The van der Waals surface area contributed by atoms with Crippen LogP contribution in [-0.2, 0) is 0 Å². The van der Waals surface area contributed by atoms with Crippen molar-refractivity contribution in [2.45, 2.75) is 0 Å². The lowest BCUT2D eigenvalue weighted by Crippen LogP contribution is -2.00. The van der Waals surface area contributed by atoms with E-state index in [4.69, 9.17) is 32.7 Å². The Bertz CT molecular complexity index is 936. The smallest absolute Gasteiger partial charge is 0.231 e. The molecule has 1 aromatic heterocycles. The summed E-state index contributed by atoms with van der Waals surface area (Å²) in [7, 11) is 0. The second-order valence-corrected chi connectivity index (χ2v) is 6.03. The molecule has 4 rings (SSSR count). The first kappa shape index (κ1) is 15.8. The molecule has 2 aromatic carbocycles. The largest absolute Gasteiger partial charge is 0.454 e. The molecule has 8 heteroatoms.